The Balaban J connectivity index is 2.94. The molecule has 0 N–H and O–H groups in total. The van der Waals surface area contributed by atoms with E-state index in [-0.39, 0.29) is 23.4 Å². The van der Waals surface area contributed by atoms with Crippen LogP contribution >= 0.6 is 22.6 Å². The number of ketones is 1. The van der Waals surface area contributed by atoms with Crippen LogP contribution in [0.1, 0.15) is 41.5 Å². The summed E-state index contributed by atoms with van der Waals surface area (Å²) >= 11 is 2.02. The summed E-state index contributed by atoms with van der Waals surface area (Å²) in [5.41, 5.74) is -0.598. The second-order valence-electron chi connectivity index (χ2n) is 8.68. The first kappa shape index (κ1) is 21.6. The molecule has 0 aromatic rings. The van der Waals surface area contributed by atoms with Crippen LogP contribution in [0.3, 0.4) is 0 Å². The van der Waals surface area contributed by atoms with Crippen LogP contribution in [0.5, 0.6) is 0 Å². The van der Waals surface area contributed by atoms with Crippen LogP contribution in [0, 0.1) is 0 Å². The fourth-order valence-electron chi connectivity index (χ4n) is 1.87. The van der Waals surface area contributed by atoms with Crippen molar-refractivity contribution in [3.05, 3.63) is 9.66 Å². The Hall–Kier alpha value is -0.413. The van der Waals surface area contributed by atoms with E-state index in [0.29, 0.717) is 10.2 Å². The minimum absolute atomic E-state index is 0.0369. The molecular weight excluding hydrogens is 437 g/mol. The number of hydrogen-bond donors (Lipinski definition) is 0. The molecule has 0 spiro atoms. The predicted molar refractivity (Wildman–Crippen MR) is 107 cm³/mol. The average Bonchev–Trinajstić information content (AvgIpc) is 2.36. The number of Topliss-reactive ketones (excluding diaryl/α,β-unsaturated/α-hetero) is 1. The molecule has 1 unspecified atom stereocenters. The zero-order chi connectivity index (χ0) is 18.9. The molecule has 138 valence electrons. The van der Waals surface area contributed by atoms with Gasteiger partial charge in [-0.1, -0.05) is 20.8 Å². The summed E-state index contributed by atoms with van der Waals surface area (Å²) < 4.78 is 12.4. The lowest BCUT2D eigenvalue weighted by Gasteiger charge is -2.39. The number of amides is 1. The van der Waals surface area contributed by atoms with E-state index in [9.17, 15) is 9.59 Å². The smallest absolute Gasteiger partial charge is 0.411 e. The highest BCUT2D eigenvalue weighted by molar-refractivity contribution is 14.1. The lowest BCUT2D eigenvalue weighted by Crippen LogP contribution is -2.51. The molecule has 0 aromatic heterocycles. The minimum atomic E-state index is -1.93. The Morgan fingerprint density at radius 3 is 2.29 bits per heavy atom. The van der Waals surface area contributed by atoms with Gasteiger partial charge in [-0.2, -0.15) is 0 Å². The Bertz CT molecular complexity index is 532. The van der Waals surface area contributed by atoms with Gasteiger partial charge in [0.05, 0.1) is 22.8 Å². The van der Waals surface area contributed by atoms with E-state index in [1.54, 1.807) is 0 Å². The summed E-state index contributed by atoms with van der Waals surface area (Å²) in [5, 5.41) is 0.0884. The van der Waals surface area contributed by atoms with Crippen molar-refractivity contribution in [2.75, 3.05) is 13.2 Å². The number of carbonyl (C=O) groups excluding carboxylic acids is 2. The number of halogens is 1. The Morgan fingerprint density at radius 2 is 1.83 bits per heavy atom. The molecule has 1 aliphatic rings. The first-order valence-electron chi connectivity index (χ1n) is 8.18. The van der Waals surface area contributed by atoms with Crippen LogP contribution in [0.4, 0.5) is 4.79 Å². The fraction of sp³-hybridized carbons (Fsp3) is 0.765. The molecule has 0 saturated carbocycles. The summed E-state index contributed by atoms with van der Waals surface area (Å²) in [5.74, 6) is -0.0648. The van der Waals surface area contributed by atoms with Crippen LogP contribution in [0.25, 0.3) is 0 Å². The second-order valence-corrected chi connectivity index (χ2v) is 14.7. The quantitative estimate of drug-likeness (QED) is 0.453. The Morgan fingerprint density at radius 1 is 1.29 bits per heavy atom. The van der Waals surface area contributed by atoms with Gasteiger partial charge in [-0.15, -0.1) is 0 Å². The number of nitrogens with zero attached hydrogens (tertiary/aromatic N) is 1. The van der Waals surface area contributed by atoms with Gasteiger partial charge < -0.3 is 9.16 Å². The molecule has 1 amide bonds. The summed E-state index contributed by atoms with van der Waals surface area (Å²) in [4.78, 5) is 26.0. The van der Waals surface area contributed by atoms with Gasteiger partial charge in [0, 0.05) is 0 Å². The van der Waals surface area contributed by atoms with E-state index < -0.39 is 20.0 Å². The maximum Gasteiger partial charge on any atom is 0.411 e. The van der Waals surface area contributed by atoms with Gasteiger partial charge in [-0.05, 0) is 67.6 Å². The maximum atomic E-state index is 12.5. The number of carbonyl (C=O) groups is 2. The summed E-state index contributed by atoms with van der Waals surface area (Å²) in [6.07, 6.45) is 1.34. The van der Waals surface area contributed by atoms with Crippen LogP contribution in [-0.2, 0) is 14.0 Å². The van der Waals surface area contributed by atoms with E-state index >= 15 is 0 Å². The molecule has 24 heavy (non-hydrogen) atoms. The molecular formula is C17H30INO4Si. The summed E-state index contributed by atoms with van der Waals surface area (Å²) in [6, 6.07) is -0.279. The van der Waals surface area contributed by atoms with E-state index in [0.717, 1.165) is 0 Å². The third-order valence-corrected chi connectivity index (χ3v) is 9.83. The van der Waals surface area contributed by atoms with Gasteiger partial charge in [0.2, 0.25) is 0 Å². The largest absolute Gasteiger partial charge is 0.444 e. The molecule has 7 heteroatoms. The van der Waals surface area contributed by atoms with Gasteiger partial charge in [-0.3, -0.25) is 9.69 Å². The molecule has 0 aliphatic carbocycles. The molecule has 0 radical (unpaired) electrons. The molecule has 0 aromatic carbocycles. The van der Waals surface area contributed by atoms with Crippen LogP contribution < -0.4 is 0 Å². The Kier molecular flexibility index (Phi) is 6.71. The molecule has 1 rings (SSSR count). The lowest BCUT2D eigenvalue weighted by molar-refractivity contribution is -0.117. The molecule has 0 bridgehead atoms. The SMILES string of the molecule is CC(C)(C)OC(=O)N1CC(=O)C(I)=CC1CO[Si](C)(C)C(C)(C)C. The van der Waals surface area contributed by atoms with Crippen molar-refractivity contribution in [1.29, 1.82) is 0 Å². The molecule has 0 fully saturated rings. The number of hydrogen-bond acceptors (Lipinski definition) is 4. The van der Waals surface area contributed by atoms with Crippen LogP contribution in [0.15, 0.2) is 9.66 Å². The molecule has 1 aliphatic heterocycles. The summed E-state index contributed by atoms with van der Waals surface area (Å²) in [7, 11) is -1.93. The zero-order valence-electron chi connectivity index (χ0n) is 16.0. The topological polar surface area (TPSA) is 55.8 Å². The first-order chi connectivity index (χ1) is 10.6. The van der Waals surface area contributed by atoms with Gasteiger partial charge in [-0.25, -0.2) is 4.79 Å². The van der Waals surface area contributed by atoms with Crippen LogP contribution in [0.2, 0.25) is 18.1 Å². The van der Waals surface area contributed by atoms with Gasteiger partial charge >= 0.3 is 6.09 Å². The van der Waals surface area contributed by atoms with Gasteiger partial charge in [0.25, 0.3) is 0 Å². The second kappa shape index (κ2) is 7.45. The number of ether oxygens (including phenoxy) is 1. The van der Waals surface area contributed by atoms with Crippen molar-refractivity contribution in [1.82, 2.24) is 4.90 Å². The van der Waals surface area contributed by atoms with E-state index in [1.807, 2.05) is 49.4 Å². The van der Waals surface area contributed by atoms with Gasteiger partial charge in [0.15, 0.2) is 14.1 Å². The Labute approximate surface area is 160 Å². The van der Waals surface area contributed by atoms with Crippen molar-refractivity contribution in [2.24, 2.45) is 0 Å². The highest BCUT2D eigenvalue weighted by Crippen LogP contribution is 2.37. The standard InChI is InChI=1S/C17H30INO4Si/c1-16(2,3)23-15(21)19-10-14(20)13(18)9-12(19)11-22-24(7,8)17(4,5)6/h9,12H,10-11H2,1-8H3. The number of rotatable bonds is 3. The van der Waals surface area contributed by atoms with E-state index in [1.165, 1.54) is 4.90 Å². The van der Waals surface area contributed by atoms with Crippen LogP contribution in [-0.4, -0.2) is 49.9 Å². The van der Waals surface area contributed by atoms with Crippen molar-refractivity contribution >= 4 is 42.8 Å². The third-order valence-electron chi connectivity index (χ3n) is 4.37. The van der Waals surface area contributed by atoms with Crippen molar-refractivity contribution in [3.63, 3.8) is 0 Å². The molecule has 0 saturated heterocycles. The third kappa shape index (κ3) is 5.84. The monoisotopic (exact) mass is 467 g/mol. The van der Waals surface area contributed by atoms with Gasteiger partial charge in [0.1, 0.15) is 5.60 Å². The van der Waals surface area contributed by atoms with E-state index in [2.05, 4.69) is 33.9 Å². The average molecular weight is 467 g/mol. The molecule has 1 atom stereocenters. The van der Waals surface area contributed by atoms with Crippen molar-refractivity contribution in [3.8, 4) is 0 Å². The molecule has 1 heterocycles. The normalized spacial score (nSPS) is 20.0. The maximum absolute atomic E-state index is 12.5. The van der Waals surface area contributed by atoms with E-state index in [4.69, 9.17) is 9.16 Å². The van der Waals surface area contributed by atoms with Crippen molar-refractivity contribution in [2.45, 2.75) is 71.3 Å². The fourth-order valence-corrected chi connectivity index (χ4v) is 3.47. The minimum Gasteiger partial charge on any atom is -0.444 e. The molecule has 5 nitrogen and oxygen atoms in total. The zero-order valence-corrected chi connectivity index (χ0v) is 19.2. The lowest BCUT2D eigenvalue weighted by atomic mass is 10.1. The van der Waals surface area contributed by atoms with Crippen molar-refractivity contribution < 1.29 is 18.8 Å². The predicted octanol–water partition coefficient (Wildman–Crippen LogP) is 4.52. The summed E-state index contributed by atoms with van der Waals surface area (Å²) in [6.45, 7) is 16.7. The first-order valence-corrected chi connectivity index (χ1v) is 12.2. The highest BCUT2D eigenvalue weighted by atomic mass is 127. The highest BCUT2D eigenvalue weighted by Gasteiger charge is 2.39.